The Bertz CT molecular complexity index is 730. The smallest absolute Gasteiger partial charge is 0.254 e. The molecule has 164 valence electrons. The number of hydrogen-bond donors (Lipinski definition) is 3. The normalized spacial score (nSPS) is 30.4. The van der Waals surface area contributed by atoms with Crippen molar-refractivity contribution < 1.29 is 4.79 Å². The third-order valence-electron chi connectivity index (χ3n) is 7.68. The fourth-order valence-electron chi connectivity index (χ4n) is 5.99. The summed E-state index contributed by atoms with van der Waals surface area (Å²) in [6, 6.07) is 10.9. The first kappa shape index (κ1) is 21.2. The number of carbonyl (C=O) groups is 1. The lowest BCUT2D eigenvalue weighted by atomic mass is 9.74. The van der Waals surface area contributed by atoms with Gasteiger partial charge in [-0.05, 0) is 56.1 Å². The van der Waals surface area contributed by atoms with E-state index in [9.17, 15) is 4.79 Å². The summed E-state index contributed by atoms with van der Waals surface area (Å²) in [5, 5.41) is 15.3. The van der Waals surface area contributed by atoms with Gasteiger partial charge in [0.2, 0.25) is 0 Å². The fourth-order valence-corrected chi connectivity index (χ4v) is 5.99. The minimum atomic E-state index is -0.567. The van der Waals surface area contributed by atoms with Crippen LogP contribution < -0.4 is 10.6 Å². The number of rotatable bonds is 7. The van der Waals surface area contributed by atoms with Gasteiger partial charge in [-0.1, -0.05) is 63.1 Å². The van der Waals surface area contributed by atoms with Crippen molar-refractivity contribution in [1.82, 2.24) is 10.2 Å². The first-order valence-corrected chi connectivity index (χ1v) is 12.0. The zero-order valence-electron chi connectivity index (χ0n) is 18.5. The standard InChI is InChI=1S/C25H38N4O/c1-29-23(30)25(28-24(29)26,16-15-19-9-4-2-5-10-19)18-20-11-8-14-22(17-20)27-21-12-6-3-7-13-21/h3,6-7,12-13,19-20,22,27H,2,4-5,8-11,14-18H2,1H3,(H2,26,28)/t20-,22-,25+/m0/s1. The summed E-state index contributed by atoms with van der Waals surface area (Å²) in [6.45, 7) is 0. The Hall–Kier alpha value is -2.04. The van der Waals surface area contributed by atoms with Crippen LogP contribution in [0.15, 0.2) is 30.3 Å². The largest absolute Gasteiger partial charge is 0.382 e. The van der Waals surface area contributed by atoms with E-state index in [1.807, 2.05) is 6.07 Å². The van der Waals surface area contributed by atoms with Crippen LogP contribution in [0.1, 0.15) is 77.0 Å². The Morgan fingerprint density at radius 1 is 1.07 bits per heavy atom. The molecular formula is C25H38N4O. The van der Waals surface area contributed by atoms with Crippen molar-refractivity contribution in [3.8, 4) is 0 Å². The summed E-state index contributed by atoms with van der Waals surface area (Å²) in [7, 11) is 1.75. The number of likely N-dealkylation sites (N-methyl/N-ethyl adjacent to an activating group) is 1. The molecule has 3 aliphatic rings. The predicted molar refractivity (Wildman–Crippen MR) is 123 cm³/mol. The van der Waals surface area contributed by atoms with Crippen LogP contribution in [0.3, 0.4) is 0 Å². The molecule has 3 N–H and O–H groups in total. The second-order valence-electron chi connectivity index (χ2n) is 9.91. The number of guanidine groups is 1. The van der Waals surface area contributed by atoms with Gasteiger partial charge in [-0.3, -0.25) is 15.1 Å². The lowest BCUT2D eigenvalue weighted by Gasteiger charge is -2.37. The second kappa shape index (κ2) is 9.40. The van der Waals surface area contributed by atoms with Crippen LogP contribution in [-0.2, 0) is 4.79 Å². The molecule has 2 saturated carbocycles. The molecule has 3 atom stereocenters. The number of hydrogen-bond acceptors (Lipinski definition) is 3. The maximum atomic E-state index is 13.3. The zero-order chi connectivity index (χ0) is 21.0. The fraction of sp³-hybridized carbons (Fsp3) is 0.680. The van der Waals surface area contributed by atoms with E-state index < -0.39 is 5.54 Å². The van der Waals surface area contributed by atoms with Gasteiger partial charge in [-0.15, -0.1) is 0 Å². The number of para-hydroxylation sites is 1. The van der Waals surface area contributed by atoms with Gasteiger partial charge >= 0.3 is 0 Å². The SMILES string of the molecule is CN1C(=N)N[C@](CCC2CCCCC2)(C[C@H]2CCC[C@H](Nc3ccccc3)C2)C1=O. The van der Waals surface area contributed by atoms with E-state index in [0.29, 0.717) is 12.0 Å². The summed E-state index contributed by atoms with van der Waals surface area (Å²) in [4.78, 5) is 14.8. The average molecular weight is 411 g/mol. The monoisotopic (exact) mass is 410 g/mol. The summed E-state index contributed by atoms with van der Waals surface area (Å²) in [5.74, 6) is 1.66. The highest BCUT2D eigenvalue weighted by Crippen LogP contribution is 2.38. The average Bonchev–Trinajstić information content (AvgIpc) is 2.98. The number of anilines is 1. The highest BCUT2D eigenvalue weighted by atomic mass is 16.2. The van der Waals surface area contributed by atoms with Crippen molar-refractivity contribution in [2.24, 2.45) is 11.8 Å². The van der Waals surface area contributed by atoms with E-state index >= 15 is 0 Å². The lowest BCUT2D eigenvalue weighted by molar-refractivity contribution is -0.131. The highest BCUT2D eigenvalue weighted by molar-refractivity contribution is 6.07. The Morgan fingerprint density at radius 3 is 2.50 bits per heavy atom. The molecule has 0 bridgehead atoms. The van der Waals surface area contributed by atoms with Gasteiger partial charge in [0.25, 0.3) is 5.91 Å². The number of nitrogens with zero attached hydrogens (tertiary/aromatic N) is 1. The van der Waals surface area contributed by atoms with Gasteiger partial charge in [0.1, 0.15) is 5.54 Å². The van der Waals surface area contributed by atoms with Crippen molar-refractivity contribution >= 4 is 17.6 Å². The van der Waals surface area contributed by atoms with Crippen LogP contribution in [0.4, 0.5) is 5.69 Å². The molecule has 1 heterocycles. The van der Waals surface area contributed by atoms with Crippen molar-refractivity contribution in [2.75, 3.05) is 12.4 Å². The minimum Gasteiger partial charge on any atom is -0.382 e. The van der Waals surface area contributed by atoms with Crippen molar-refractivity contribution in [3.05, 3.63) is 30.3 Å². The van der Waals surface area contributed by atoms with E-state index in [-0.39, 0.29) is 11.9 Å². The number of carbonyl (C=O) groups excluding carboxylic acids is 1. The second-order valence-corrected chi connectivity index (χ2v) is 9.91. The maximum Gasteiger partial charge on any atom is 0.254 e. The van der Waals surface area contributed by atoms with E-state index in [1.165, 1.54) is 62.0 Å². The van der Waals surface area contributed by atoms with Crippen molar-refractivity contribution in [1.29, 1.82) is 5.41 Å². The molecule has 0 unspecified atom stereocenters. The van der Waals surface area contributed by atoms with Gasteiger partial charge in [-0.25, -0.2) is 0 Å². The molecular weight excluding hydrogens is 372 g/mol. The van der Waals surface area contributed by atoms with Gasteiger partial charge in [0.15, 0.2) is 5.96 Å². The molecule has 30 heavy (non-hydrogen) atoms. The van der Waals surface area contributed by atoms with E-state index in [4.69, 9.17) is 5.41 Å². The Kier molecular flexibility index (Phi) is 6.64. The third kappa shape index (κ3) is 4.81. The topological polar surface area (TPSA) is 68.2 Å². The van der Waals surface area contributed by atoms with E-state index in [0.717, 1.165) is 31.6 Å². The summed E-state index contributed by atoms with van der Waals surface area (Å²) < 4.78 is 0. The van der Waals surface area contributed by atoms with Crippen LogP contribution in [0.2, 0.25) is 0 Å². The van der Waals surface area contributed by atoms with Gasteiger partial charge in [-0.2, -0.15) is 0 Å². The first-order chi connectivity index (χ1) is 14.6. The Labute approximate surface area is 181 Å². The van der Waals surface area contributed by atoms with Crippen molar-refractivity contribution in [3.63, 3.8) is 0 Å². The van der Waals surface area contributed by atoms with E-state index in [2.05, 4.69) is 34.9 Å². The molecule has 1 aliphatic heterocycles. The molecule has 1 aromatic carbocycles. The first-order valence-electron chi connectivity index (χ1n) is 12.0. The quantitative estimate of drug-likeness (QED) is 0.583. The predicted octanol–water partition coefficient (Wildman–Crippen LogP) is 5.14. The van der Waals surface area contributed by atoms with Crippen LogP contribution in [0, 0.1) is 17.2 Å². The van der Waals surface area contributed by atoms with Gasteiger partial charge in [0, 0.05) is 18.8 Å². The number of nitrogens with one attached hydrogen (secondary N) is 3. The molecule has 1 amide bonds. The molecule has 3 fully saturated rings. The third-order valence-corrected chi connectivity index (χ3v) is 7.68. The molecule has 2 aliphatic carbocycles. The van der Waals surface area contributed by atoms with Crippen molar-refractivity contribution in [2.45, 2.75) is 88.6 Å². The summed E-state index contributed by atoms with van der Waals surface area (Å²) >= 11 is 0. The molecule has 5 nitrogen and oxygen atoms in total. The molecule has 0 spiro atoms. The summed E-state index contributed by atoms with van der Waals surface area (Å²) in [6.07, 6.45) is 14.2. The molecule has 1 aromatic rings. The van der Waals surface area contributed by atoms with E-state index in [1.54, 1.807) is 7.05 Å². The maximum absolute atomic E-state index is 13.3. The van der Waals surface area contributed by atoms with Crippen LogP contribution in [-0.4, -0.2) is 35.4 Å². The zero-order valence-corrected chi connectivity index (χ0v) is 18.5. The van der Waals surface area contributed by atoms with Crippen LogP contribution in [0.5, 0.6) is 0 Å². The molecule has 0 aromatic heterocycles. The van der Waals surface area contributed by atoms with Gasteiger partial charge < -0.3 is 10.6 Å². The molecule has 4 rings (SSSR count). The van der Waals surface area contributed by atoms with Crippen LogP contribution >= 0.6 is 0 Å². The number of amides is 1. The molecule has 0 radical (unpaired) electrons. The minimum absolute atomic E-state index is 0.112. The molecule has 5 heteroatoms. The Balaban J connectivity index is 1.41. The number of benzene rings is 1. The highest BCUT2D eigenvalue weighted by Gasteiger charge is 2.49. The Morgan fingerprint density at radius 2 is 1.80 bits per heavy atom. The van der Waals surface area contributed by atoms with Gasteiger partial charge in [0.05, 0.1) is 0 Å². The summed E-state index contributed by atoms with van der Waals surface area (Å²) in [5.41, 5.74) is 0.620. The van der Waals surface area contributed by atoms with Crippen LogP contribution in [0.25, 0.3) is 0 Å². The lowest BCUT2D eigenvalue weighted by Crippen LogP contribution is -2.49. The molecule has 1 saturated heterocycles.